The van der Waals surface area contributed by atoms with Crippen molar-refractivity contribution in [2.24, 2.45) is 4.99 Å². The van der Waals surface area contributed by atoms with Gasteiger partial charge in [-0.3, -0.25) is 9.78 Å². The third-order valence-electron chi connectivity index (χ3n) is 3.45. The number of amides is 1. The maximum Gasteiger partial charge on any atom is 0.246 e. The Labute approximate surface area is 148 Å². The van der Waals surface area contributed by atoms with Gasteiger partial charge in [0, 0.05) is 19.3 Å². The summed E-state index contributed by atoms with van der Waals surface area (Å²) in [4.78, 5) is 20.2. The highest BCUT2D eigenvalue weighted by atomic mass is 16.1. The molecule has 0 bridgehead atoms. The smallest absolute Gasteiger partial charge is 0.246 e. The number of nitrogens with one attached hydrogen (secondary N) is 3. The molecule has 0 unspecified atom stereocenters. The first-order valence-corrected chi connectivity index (χ1v) is 8.54. The van der Waals surface area contributed by atoms with E-state index in [0.717, 1.165) is 25.9 Å². The molecule has 0 atom stereocenters. The second kappa shape index (κ2) is 10.8. The van der Waals surface area contributed by atoms with Gasteiger partial charge in [0.15, 0.2) is 5.96 Å². The molecular weight excluding hydrogens is 314 g/mol. The predicted octanol–water partition coefficient (Wildman–Crippen LogP) is 2.21. The summed E-state index contributed by atoms with van der Waals surface area (Å²) in [5.74, 6) is 0.478. The van der Waals surface area contributed by atoms with Crippen LogP contribution in [0.2, 0.25) is 0 Å². The van der Waals surface area contributed by atoms with E-state index in [-0.39, 0.29) is 12.5 Å². The van der Waals surface area contributed by atoms with Crippen molar-refractivity contribution in [3.05, 3.63) is 60.4 Å². The normalized spacial score (nSPS) is 11.0. The number of hydrogen-bond donors (Lipinski definition) is 3. The van der Waals surface area contributed by atoms with Crippen molar-refractivity contribution < 1.29 is 4.79 Å². The monoisotopic (exact) mass is 339 g/mol. The molecule has 1 amide bonds. The molecule has 0 aliphatic heterocycles. The van der Waals surface area contributed by atoms with Crippen LogP contribution in [0.4, 0.5) is 5.69 Å². The third-order valence-corrected chi connectivity index (χ3v) is 3.45. The molecule has 132 valence electrons. The Morgan fingerprint density at radius 3 is 2.68 bits per heavy atom. The average Bonchev–Trinajstić information content (AvgIpc) is 2.65. The van der Waals surface area contributed by atoms with Crippen LogP contribution in [0.25, 0.3) is 0 Å². The molecule has 1 aromatic carbocycles. The number of aryl methyl sites for hydroxylation is 1. The number of hydrogen-bond acceptors (Lipinski definition) is 3. The Hall–Kier alpha value is -2.89. The fourth-order valence-electron chi connectivity index (χ4n) is 2.27. The van der Waals surface area contributed by atoms with E-state index in [0.29, 0.717) is 11.6 Å². The number of carbonyl (C=O) groups is 1. The van der Waals surface area contributed by atoms with Gasteiger partial charge in [-0.15, -0.1) is 0 Å². The number of guanidine groups is 1. The van der Waals surface area contributed by atoms with Crippen molar-refractivity contribution in [3.8, 4) is 0 Å². The average molecular weight is 339 g/mol. The van der Waals surface area contributed by atoms with Crippen molar-refractivity contribution in [1.29, 1.82) is 0 Å². The van der Waals surface area contributed by atoms with Gasteiger partial charge in [-0.25, -0.2) is 4.99 Å². The number of pyridine rings is 1. The summed E-state index contributed by atoms with van der Waals surface area (Å²) >= 11 is 0. The molecule has 0 saturated carbocycles. The fraction of sp³-hybridized carbons (Fsp3) is 0.316. The molecule has 6 nitrogen and oxygen atoms in total. The first-order chi connectivity index (χ1) is 12.3. The standard InChI is InChI=1S/C19H25N5O/c1-2-21-19(22-13-6-10-16-8-4-3-5-9-16)23-15-18(25)24-17-11-7-12-20-14-17/h3-5,7-9,11-12,14H,2,6,10,13,15H2,1H3,(H,24,25)(H2,21,22,23). The van der Waals surface area contributed by atoms with E-state index in [2.05, 4.69) is 50.2 Å². The number of benzene rings is 1. The lowest BCUT2D eigenvalue weighted by atomic mass is 10.1. The quantitative estimate of drug-likeness (QED) is 0.391. The van der Waals surface area contributed by atoms with E-state index in [9.17, 15) is 4.79 Å². The van der Waals surface area contributed by atoms with Crippen LogP contribution < -0.4 is 16.0 Å². The molecule has 0 saturated heterocycles. The first-order valence-electron chi connectivity index (χ1n) is 8.54. The van der Waals surface area contributed by atoms with Crippen LogP contribution in [-0.4, -0.2) is 36.5 Å². The van der Waals surface area contributed by atoms with Gasteiger partial charge < -0.3 is 16.0 Å². The van der Waals surface area contributed by atoms with Gasteiger partial charge in [0.25, 0.3) is 0 Å². The zero-order valence-corrected chi connectivity index (χ0v) is 14.5. The van der Waals surface area contributed by atoms with Gasteiger partial charge in [0.2, 0.25) is 5.91 Å². The number of nitrogens with zero attached hydrogens (tertiary/aromatic N) is 2. The molecule has 1 heterocycles. The van der Waals surface area contributed by atoms with Crippen molar-refractivity contribution in [2.45, 2.75) is 19.8 Å². The second-order valence-corrected chi connectivity index (χ2v) is 5.50. The van der Waals surface area contributed by atoms with Crippen LogP contribution in [0.1, 0.15) is 18.9 Å². The SMILES string of the molecule is CCNC(=NCC(=O)Nc1cccnc1)NCCCc1ccccc1. The fourth-order valence-corrected chi connectivity index (χ4v) is 2.27. The number of aliphatic imine (C=N–C) groups is 1. The van der Waals surface area contributed by atoms with Crippen LogP contribution >= 0.6 is 0 Å². The van der Waals surface area contributed by atoms with E-state index in [1.165, 1.54) is 5.56 Å². The zero-order valence-electron chi connectivity index (χ0n) is 14.5. The molecule has 2 aromatic rings. The molecule has 0 aliphatic carbocycles. The van der Waals surface area contributed by atoms with Gasteiger partial charge in [0.05, 0.1) is 11.9 Å². The number of carbonyl (C=O) groups excluding carboxylic acids is 1. The molecule has 2 rings (SSSR count). The van der Waals surface area contributed by atoms with Crippen molar-refractivity contribution >= 4 is 17.6 Å². The summed E-state index contributed by atoms with van der Waals surface area (Å²) in [7, 11) is 0. The van der Waals surface area contributed by atoms with Crippen molar-refractivity contribution in [3.63, 3.8) is 0 Å². The lowest BCUT2D eigenvalue weighted by molar-refractivity contribution is -0.114. The highest BCUT2D eigenvalue weighted by Crippen LogP contribution is 2.02. The summed E-state index contributed by atoms with van der Waals surface area (Å²) in [5, 5.41) is 9.17. The predicted molar refractivity (Wildman–Crippen MR) is 102 cm³/mol. The van der Waals surface area contributed by atoms with E-state index in [1.54, 1.807) is 24.5 Å². The number of anilines is 1. The molecular formula is C19H25N5O. The summed E-state index contributed by atoms with van der Waals surface area (Å²) < 4.78 is 0. The Morgan fingerprint density at radius 2 is 1.96 bits per heavy atom. The van der Waals surface area contributed by atoms with E-state index < -0.39 is 0 Å². The molecule has 0 spiro atoms. The van der Waals surface area contributed by atoms with Crippen LogP contribution in [0.3, 0.4) is 0 Å². The maximum atomic E-state index is 11.9. The highest BCUT2D eigenvalue weighted by Gasteiger charge is 2.03. The summed E-state index contributed by atoms with van der Waals surface area (Å²) in [6.45, 7) is 3.60. The van der Waals surface area contributed by atoms with Gasteiger partial charge in [-0.2, -0.15) is 0 Å². The van der Waals surface area contributed by atoms with Gasteiger partial charge >= 0.3 is 0 Å². The van der Waals surface area contributed by atoms with Gasteiger partial charge in [-0.1, -0.05) is 30.3 Å². The Bertz CT molecular complexity index is 658. The van der Waals surface area contributed by atoms with E-state index in [4.69, 9.17) is 0 Å². The number of rotatable bonds is 8. The lowest BCUT2D eigenvalue weighted by Gasteiger charge is -2.11. The van der Waals surface area contributed by atoms with Gasteiger partial charge in [-0.05, 0) is 37.5 Å². The first kappa shape index (κ1) is 18.4. The summed E-state index contributed by atoms with van der Waals surface area (Å²) in [5.41, 5.74) is 1.99. The minimum absolute atomic E-state index is 0.0584. The largest absolute Gasteiger partial charge is 0.357 e. The van der Waals surface area contributed by atoms with Crippen LogP contribution in [0, 0.1) is 0 Å². The third kappa shape index (κ3) is 7.48. The van der Waals surface area contributed by atoms with E-state index >= 15 is 0 Å². The van der Waals surface area contributed by atoms with Crippen LogP contribution in [-0.2, 0) is 11.2 Å². The molecule has 0 fully saturated rings. The minimum Gasteiger partial charge on any atom is -0.357 e. The molecule has 1 aromatic heterocycles. The Balaban J connectivity index is 1.74. The molecule has 0 radical (unpaired) electrons. The summed E-state index contributed by atoms with van der Waals surface area (Å²) in [6, 6.07) is 13.9. The summed E-state index contributed by atoms with van der Waals surface area (Å²) in [6.07, 6.45) is 5.27. The molecule has 0 aliphatic rings. The van der Waals surface area contributed by atoms with Crippen LogP contribution in [0.5, 0.6) is 0 Å². The van der Waals surface area contributed by atoms with Gasteiger partial charge in [0.1, 0.15) is 6.54 Å². The Kier molecular flexibility index (Phi) is 7.97. The number of aromatic nitrogens is 1. The zero-order chi connectivity index (χ0) is 17.7. The molecule has 3 N–H and O–H groups in total. The van der Waals surface area contributed by atoms with E-state index in [1.807, 2.05) is 13.0 Å². The molecule has 25 heavy (non-hydrogen) atoms. The maximum absolute atomic E-state index is 11.9. The van der Waals surface area contributed by atoms with Crippen molar-refractivity contribution in [2.75, 3.05) is 25.0 Å². The van der Waals surface area contributed by atoms with Crippen molar-refractivity contribution in [1.82, 2.24) is 15.6 Å². The second-order valence-electron chi connectivity index (χ2n) is 5.50. The highest BCUT2D eigenvalue weighted by molar-refractivity contribution is 5.93. The topological polar surface area (TPSA) is 78.4 Å². The molecule has 6 heteroatoms. The van der Waals surface area contributed by atoms with Crippen LogP contribution in [0.15, 0.2) is 59.9 Å². The minimum atomic E-state index is -0.172. The Morgan fingerprint density at radius 1 is 1.12 bits per heavy atom. The lowest BCUT2D eigenvalue weighted by Crippen LogP contribution is -2.38.